The van der Waals surface area contributed by atoms with Crippen LogP contribution in [-0.4, -0.2) is 33.6 Å². The van der Waals surface area contributed by atoms with Gasteiger partial charge in [-0.1, -0.05) is 6.07 Å². The third-order valence-electron chi connectivity index (χ3n) is 4.97. The number of rotatable bonds is 2. The zero-order valence-corrected chi connectivity index (χ0v) is 14.3. The van der Waals surface area contributed by atoms with Gasteiger partial charge in [-0.3, -0.25) is 24.7 Å². The molecule has 1 saturated heterocycles. The fourth-order valence-electron chi connectivity index (χ4n) is 3.46. The molecular weight excluding hydrogens is 332 g/mol. The zero-order chi connectivity index (χ0) is 18.4. The van der Waals surface area contributed by atoms with E-state index >= 15 is 0 Å². The Labute approximate surface area is 150 Å². The number of anilines is 1. The predicted octanol–water partition coefficient (Wildman–Crippen LogP) is 1.40. The van der Waals surface area contributed by atoms with Crippen molar-refractivity contribution in [1.82, 2.24) is 15.2 Å². The number of hydrogen-bond donors (Lipinski definition) is 2. The second-order valence-electron chi connectivity index (χ2n) is 6.70. The summed E-state index contributed by atoms with van der Waals surface area (Å²) in [6, 6.07) is 6.85. The van der Waals surface area contributed by atoms with Crippen LogP contribution in [0.5, 0.6) is 0 Å². The van der Waals surface area contributed by atoms with Gasteiger partial charge in [-0.05, 0) is 42.7 Å². The van der Waals surface area contributed by atoms with Crippen molar-refractivity contribution in [2.45, 2.75) is 32.4 Å². The molecular formula is C19H18N4O3. The number of carbonyl (C=O) groups excluding carboxylic acids is 3. The van der Waals surface area contributed by atoms with Crippen LogP contribution in [0, 0.1) is 6.92 Å². The number of benzene rings is 1. The molecule has 3 amide bonds. The van der Waals surface area contributed by atoms with Crippen molar-refractivity contribution >= 4 is 23.4 Å². The largest absolute Gasteiger partial charge is 0.397 e. The summed E-state index contributed by atoms with van der Waals surface area (Å²) in [6.45, 7) is 2.27. The van der Waals surface area contributed by atoms with Crippen LogP contribution in [0.2, 0.25) is 0 Å². The molecule has 4 rings (SSSR count). The molecule has 0 saturated carbocycles. The van der Waals surface area contributed by atoms with Gasteiger partial charge in [-0.15, -0.1) is 0 Å². The van der Waals surface area contributed by atoms with E-state index < -0.39 is 11.9 Å². The number of aromatic nitrogens is 1. The molecule has 1 unspecified atom stereocenters. The van der Waals surface area contributed by atoms with Gasteiger partial charge in [0.2, 0.25) is 11.8 Å². The van der Waals surface area contributed by atoms with Gasteiger partial charge in [0.15, 0.2) is 0 Å². The van der Waals surface area contributed by atoms with E-state index in [0.717, 1.165) is 22.4 Å². The number of imide groups is 1. The number of nitrogens with zero attached hydrogens (tertiary/aromatic N) is 2. The van der Waals surface area contributed by atoms with E-state index in [9.17, 15) is 14.4 Å². The Morgan fingerprint density at radius 1 is 1.23 bits per heavy atom. The summed E-state index contributed by atoms with van der Waals surface area (Å²) in [5, 5.41) is 2.31. The molecule has 132 valence electrons. The standard InChI is InChI=1S/C19H18N4O3/c1-10-6-15(21-8-14(10)20)11-2-3-13-12(7-11)9-23(19(13)26)16-4-5-17(24)22-18(16)25/h2-3,6-8,16H,4-5,9,20H2,1H3,(H,22,24,25). The maximum atomic E-state index is 12.7. The zero-order valence-electron chi connectivity index (χ0n) is 14.3. The normalized spacial score (nSPS) is 19.5. The molecule has 1 aromatic carbocycles. The number of nitrogens with two attached hydrogens (primary N) is 1. The number of nitrogen functional groups attached to an aromatic ring is 1. The second kappa shape index (κ2) is 5.94. The minimum Gasteiger partial charge on any atom is -0.397 e. The van der Waals surface area contributed by atoms with E-state index in [4.69, 9.17) is 5.73 Å². The topological polar surface area (TPSA) is 105 Å². The Morgan fingerprint density at radius 2 is 2.04 bits per heavy atom. The molecule has 1 aromatic heterocycles. The smallest absolute Gasteiger partial charge is 0.255 e. The van der Waals surface area contributed by atoms with Gasteiger partial charge in [0.1, 0.15) is 6.04 Å². The molecule has 26 heavy (non-hydrogen) atoms. The van der Waals surface area contributed by atoms with Crippen molar-refractivity contribution in [2.24, 2.45) is 0 Å². The molecule has 1 atom stereocenters. The molecule has 7 nitrogen and oxygen atoms in total. The first kappa shape index (κ1) is 16.3. The fraction of sp³-hybridized carbons (Fsp3) is 0.263. The SMILES string of the molecule is Cc1cc(-c2ccc3c(c2)CN(C2CCC(=O)NC2=O)C3=O)ncc1N. The highest BCUT2D eigenvalue weighted by atomic mass is 16.2. The highest BCUT2D eigenvalue weighted by Crippen LogP contribution is 2.31. The van der Waals surface area contributed by atoms with Gasteiger partial charge >= 0.3 is 0 Å². The molecule has 7 heteroatoms. The van der Waals surface area contributed by atoms with Gasteiger partial charge in [0.25, 0.3) is 5.91 Å². The number of amides is 3. The lowest BCUT2D eigenvalue weighted by Crippen LogP contribution is -2.52. The third-order valence-corrected chi connectivity index (χ3v) is 4.97. The molecule has 0 aliphatic carbocycles. The van der Waals surface area contributed by atoms with E-state index in [1.165, 1.54) is 4.90 Å². The summed E-state index contributed by atoms with van der Waals surface area (Å²) >= 11 is 0. The van der Waals surface area contributed by atoms with Gasteiger partial charge in [-0.25, -0.2) is 0 Å². The molecule has 3 N–H and O–H groups in total. The first-order valence-corrected chi connectivity index (χ1v) is 8.44. The molecule has 0 radical (unpaired) electrons. The van der Waals surface area contributed by atoms with Crippen molar-refractivity contribution < 1.29 is 14.4 Å². The maximum Gasteiger partial charge on any atom is 0.255 e. The fourth-order valence-corrected chi connectivity index (χ4v) is 3.46. The average molecular weight is 350 g/mol. The molecule has 3 heterocycles. The van der Waals surface area contributed by atoms with Gasteiger partial charge < -0.3 is 10.6 Å². The average Bonchev–Trinajstić information content (AvgIpc) is 2.93. The van der Waals surface area contributed by atoms with E-state index in [-0.39, 0.29) is 18.2 Å². The minimum absolute atomic E-state index is 0.178. The van der Waals surface area contributed by atoms with Crippen molar-refractivity contribution in [3.05, 3.63) is 47.2 Å². The van der Waals surface area contributed by atoms with Crippen molar-refractivity contribution in [2.75, 3.05) is 5.73 Å². The number of hydrogen-bond acceptors (Lipinski definition) is 5. The summed E-state index contributed by atoms with van der Waals surface area (Å²) in [4.78, 5) is 42.0. The Morgan fingerprint density at radius 3 is 2.77 bits per heavy atom. The molecule has 2 aliphatic rings. The summed E-state index contributed by atoms with van der Waals surface area (Å²) in [7, 11) is 0. The Kier molecular flexibility index (Phi) is 3.72. The summed E-state index contributed by atoms with van der Waals surface area (Å²) in [5.41, 5.74) is 10.5. The van der Waals surface area contributed by atoms with Crippen molar-refractivity contribution in [3.8, 4) is 11.3 Å². The molecule has 0 bridgehead atoms. The highest BCUT2D eigenvalue weighted by Gasteiger charge is 2.39. The maximum absolute atomic E-state index is 12.7. The Hall–Kier alpha value is -3.22. The number of fused-ring (bicyclic) bond motifs is 1. The summed E-state index contributed by atoms with van der Waals surface area (Å²) in [6.07, 6.45) is 2.23. The lowest BCUT2D eigenvalue weighted by Gasteiger charge is -2.29. The van der Waals surface area contributed by atoms with Crippen LogP contribution in [0.4, 0.5) is 5.69 Å². The van der Waals surface area contributed by atoms with Crippen LogP contribution >= 0.6 is 0 Å². The predicted molar refractivity (Wildman–Crippen MR) is 94.9 cm³/mol. The van der Waals surface area contributed by atoms with Gasteiger partial charge in [-0.2, -0.15) is 0 Å². The molecule has 0 spiro atoms. The van der Waals surface area contributed by atoms with Crippen LogP contribution in [0.25, 0.3) is 11.3 Å². The highest BCUT2D eigenvalue weighted by molar-refractivity contribution is 6.05. The number of carbonyl (C=O) groups is 3. The Balaban J connectivity index is 1.63. The monoisotopic (exact) mass is 350 g/mol. The first-order chi connectivity index (χ1) is 12.4. The van der Waals surface area contributed by atoms with E-state index in [1.54, 1.807) is 12.3 Å². The minimum atomic E-state index is -0.604. The number of nitrogens with one attached hydrogen (secondary N) is 1. The van der Waals surface area contributed by atoms with E-state index in [2.05, 4.69) is 10.3 Å². The number of aryl methyl sites for hydroxylation is 1. The molecule has 1 fully saturated rings. The van der Waals surface area contributed by atoms with Gasteiger partial charge in [0, 0.05) is 24.1 Å². The van der Waals surface area contributed by atoms with Crippen molar-refractivity contribution in [3.63, 3.8) is 0 Å². The van der Waals surface area contributed by atoms with E-state index in [0.29, 0.717) is 24.2 Å². The van der Waals surface area contributed by atoms with Crippen LogP contribution in [-0.2, 0) is 16.1 Å². The van der Waals surface area contributed by atoms with Crippen LogP contribution in [0.1, 0.15) is 34.3 Å². The van der Waals surface area contributed by atoms with E-state index in [1.807, 2.05) is 25.1 Å². The quantitative estimate of drug-likeness (QED) is 0.797. The number of pyridine rings is 1. The molecule has 2 aromatic rings. The second-order valence-corrected chi connectivity index (χ2v) is 6.70. The first-order valence-electron chi connectivity index (χ1n) is 8.44. The lowest BCUT2D eigenvalue weighted by atomic mass is 10.0. The summed E-state index contributed by atoms with van der Waals surface area (Å²) < 4.78 is 0. The Bertz CT molecular complexity index is 954. The number of piperidine rings is 1. The molecule has 2 aliphatic heterocycles. The lowest BCUT2D eigenvalue weighted by molar-refractivity contribution is -0.136. The summed E-state index contributed by atoms with van der Waals surface area (Å²) in [5.74, 6) is -0.872. The van der Waals surface area contributed by atoms with Crippen molar-refractivity contribution in [1.29, 1.82) is 0 Å². The van der Waals surface area contributed by atoms with Gasteiger partial charge in [0.05, 0.1) is 17.6 Å². The van der Waals surface area contributed by atoms with Crippen LogP contribution in [0.3, 0.4) is 0 Å². The third kappa shape index (κ3) is 2.61. The van der Waals surface area contributed by atoms with Crippen LogP contribution < -0.4 is 11.1 Å². The van der Waals surface area contributed by atoms with Crippen LogP contribution in [0.15, 0.2) is 30.5 Å².